The first kappa shape index (κ1) is 15.4. The van der Waals surface area contributed by atoms with Crippen molar-refractivity contribution in [3.05, 3.63) is 76.0 Å². The highest BCUT2D eigenvalue weighted by atomic mass is 79.9. The predicted molar refractivity (Wildman–Crippen MR) is 99.1 cm³/mol. The Morgan fingerprint density at radius 3 is 2.75 bits per heavy atom. The van der Waals surface area contributed by atoms with Crippen molar-refractivity contribution in [2.24, 2.45) is 0 Å². The Balaban J connectivity index is 1.70. The van der Waals surface area contributed by atoms with Crippen LogP contribution in [0.4, 0.5) is 5.95 Å². The van der Waals surface area contributed by atoms with Crippen molar-refractivity contribution in [1.29, 1.82) is 0 Å². The normalized spacial score (nSPS) is 19.6. The average Bonchev–Trinajstić information content (AvgIpc) is 3.09. The lowest BCUT2D eigenvalue weighted by Gasteiger charge is -2.32. The summed E-state index contributed by atoms with van der Waals surface area (Å²) in [6, 6.07) is 17.7. The van der Waals surface area contributed by atoms with E-state index in [1.54, 1.807) is 6.33 Å². The molecule has 0 radical (unpaired) electrons. The number of hydrogen-bond acceptors (Lipinski definition) is 3. The van der Waals surface area contributed by atoms with Gasteiger partial charge in [-0.05, 0) is 41.7 Å². The van der Waals surface area contributed by atoms with Crippen molar-refractivity contribution in [1.82, 2.24) is 14.8 Å². The summed E-state index contributed by atoms with van der Waals surface area (Å²) in [6.07, 6.45) is 3.63. The molecule has 2 aromatic carbocycles. The maximum atomic E-state index is 4.43. The lowest BCUT2D eigenvalue weighted by atomic mass is 9.93. The molecule has 4 rings (SSSR count). The molecule has 122 valence electrons. The van der Waals surface area contributed by atoms with Crippen LogP contribution < -0.4 is 5.32 Å². The molecule has 0 fully saturated rings. The van der Waals surface area contributed by atoms with Crippen LogP contribution >= 0.6 is 15.9 Å². The number of aryl methyl sites for hydroxylation is 1. The van der Waals surface area contributed by atoms with E-state index < -0.39 is 0 Å². The van der Waals surface area contributed by atoms with Crippen LogP contribution in [0.25, 0.3) is 0 Å². The summed E-state index contributed by atoms with van der Waals surface area (Å²) in [5.74, 6) is 0.829. The molecule has 2 heterocycles. The first-order valence-electron chi connectivity index (χ1n) is 8.25. The van der Waals surface area contributed by atoms with Gasteiger partial charge in [0.2, 0.25) is 5.95 Å². The van der Waals surface area contributed by atoms with Gasteiger partial charge in [0.25, 0.3) is 0 Å². The van der Waals surface area contributed by atoms with Crippen molar-refractivity contribution in [2.75, 3.05) is 5.32 Å². The van der Waals surface area contributed by atoms with Gasteiger partial charge in [0.15, 0.2) is 0 Å². The summed E-state index contributed by atoms with van der Waals surface area (Å²) in [7, 11) is 0. The van der Waals surface area contributed by atoms with Gasteiger partial charge in [-0.15, -0.1) is 0 Å². The molecule has 0 aliphatic carbocycles. The molecule has 0 bridgehead atoms. The van der Waals surface area contributed by atoms with Gasteiger partial charge in [-0.25, -0.2) is 4.68 Å². The van der Waals surface area contributed by atoms with Gasteiger partial charge in [0.05, 0.1) is 12.1 Å². The van der Waals surface area contributed by atoms with E-state index in [-0.39, 0.29) is 12.1 Å². The molecule has 0 amide bonds. The summed E-state index contributed by atoms with van der Waals surface area (Å²) in [5.41, 5.74) is 3.90. The molecular formula is C19H19BrN4. The molecule has 0 spiro atoms. The fourth-order valence-electron chi connectivity index (χ4n) is 3.32. The van der Waals surface area contributed by atoms with Crippen molar-refractivity contribution < 1.29 is 0 Å². The lowest BCUT2D eigenvalue weighted by Crippen LogP contribution is -2.28. The minimum Gasteiger partial charge on any atom is -0.348 e. The second-order valence-corrected chi connectivity index (χ2v) is 7.04. The molecule has 0 saturated carbocycles. The van der Waals surface area contributed by atoms with Crippen LogP contribution in [0.15, 0.2) is 59.3 Å². The Labute approximate surface area is 150 Å². The number of benzene rings is 2. The van der Waals surface area contributed by atoms with E-state index in [1.807, 2.05) is 10.7 Å². The van der Waals surface area contributed by atoms with Crippen LogP contribution in [0.2, 0.25) is 0 Å². The van der Waals surface area contributed by atoms with E-state index in [0.717, 1.165) is 23.3 Å². The minimum absolute atomic E-state index is 0.178. The number of fused-ring (bicyclic) bond motifs is 1. The molecule has 5 heteroatoms. The van der Waals surface area contributed by atoms with Crippen LogP contribution in [0.1, 0.15) is 42.1 Å². The van der Waals surface area contributed by atoms with Crippen LogP contribution in [0, 0.1) is 0 Å². The number of aromatic nitrogens is 3. The summed E-state index contributed by atoms with van der Waals surface area (Å²) < 4.78 is 3.07. The average molecular weight is 383 g/mol. The molecule has 1 N–H and O–H groups in total. The van der Waals surface area contributed by atoms with E-state index >= 15 is 0 Å². The lowest BCUT2D eigenvalue weighted by molar-refractivity contribution is 0.430. The number of halogens is 1. The number of hydrogen-bond donors (Lipinski definition) is 1. The predicted octanol–water partition coefficient (Wildman–Crippen LogP) is 4.75. The zero-order chi connectivity index (χ0) is 16.5. The quantitative estimate of drug-likeness (QED) is 0.710. The summed E-state index contributed by atoms with van der Waals surface area (Å²) >= 11 is 3.57. The van der Waals surface area contributed by atoms with Gasteiger partial charge in [0, 0.05) is 4.47 Å². The molecule has 4 nitrogen and oxygen atoms in total. The zero-order valence-electron chi connectivity index (χ0n) is 13.5. The van der Waals surface area contributed by atoms with E-state index in [1.165, 1.54) is 16.7 Å². The highest BCUT2D eigenvalue weighted by Crippen LogP contribution is 2.37. The summed E-state index contributed by atoms with van der Waals surface area (Å²) in [6.45, 7) is 2.18. The van der Waals surface area contributed by atoms with E-state index in [4.69, 9.17) is 0 Å². The number of anilines is 1. The van der Waals surface area contributed by atoms with Gasteiger partial charge in [-0.2, -0.15) is 10.1 Å². The van der Waals surface area contributed by atoms with Gasteiger partial charge in [0.1, 0.15) is 6.33 Å². The molecule has 0 saturated heterocycles. The summed E-state index contributed by atoms with van der Waals surface area (Å²) in [4.78, 5) is 4.39. The number of rotatable bonds is 3. The molecule has 2 atom stereocenters. The van der Waals surface area contributed by atoms with Crippen molar-refractivity contribution in [2.45, 2.75) is 31.8 Å². The summed E-state index contributed by atoms with van der Waals surface area (Å²) in [5, 5.41) is 7.95. The molecule has 0 unspecified atom stereocenters. The maximum absolute atomic E-state index is 4.43. The maximum Gasteiger partial charge on any atom is 0.222 e. The Morgan fingerprint density at radius 2 is 2.00 bits per heavy atom. The zero-order valence-corrected chi connectivity index (χ0v) is 15.1. The Kier molecular flexibility index (Phi) is 4.10. The van der Waals surface area contributed by atoms with Crippen LogP contribution in [0.3, 0.4) is 0 Å². The standard InChI is InChI=1S/C19H19BrN4/c1-2-13-6-8-14(9-7-13)17-11-18(15-4-3-5-16(20)10-15)24-19(23-17)21-12-22-24/h3-10,12,17-18H,2,11H2,1H3,(H,21,22,23)/t17-,18+/m1/s1. The van der Waals surface area contributed by atoms with Gasteiger partial charge in [-0.3, -0.25) is 0 Å². The third-order valence-electron chi connectivity index (χ3n) is 4.65. The molecule has 1 aromatic heterocycles. The molecule has 1 aliphatic rings. The van der Waals surface area contributed by atoms with Crippen LogP contribution in [-0.2, 0) is 6.42 Å². The van der Waals surface area contributed by atoms with Crippen molar-refractivity contribution in [3.63, 3.8) is 0 Å². The number of nitrogens with zero attached hydrogens (tertiary/aromatic N) is 3. The van der Waals surface area contributed by atoms with Crippen LogP contribution in [-0.4, -0.2) is 14.8 Å². The van der Waals surface area contributed by atoms with Crippen LogP contribution in [0.5, 0.6) is 0 Å². The fourth-order valence-corrected chi connectivity index (χ4v) is 3.73. The minimum atomic E-state index is 0.178. The first-order valence-corrected chi connectivity index (χ1v) is 9.04. The van der Waals surface area contributed by atoms with Gasteiger partial charge in [-0.1, -0.05) is 59.3 Å². The molecular weight excluding hydrogens is 364 g/mol. The Bertz CT molecular complexity index is 841. The monoisotopic (exact) mass is 382 g/mol. The highest BCUT2D eigenvalue weighted by Gasteiger charge is 2.29. The first-order chi connectivity index (χ1) is 11.7. The Morgan fingerprint density at radius 1 is 1.17 bits per heavy atom. The van der Waals surface area contributed by atoms with Gasteiger partial charge >= 0.3 is 0 Å². The molecule has 24 heavy (non-hydrogen) atoms. The SMILES string of the molecule is CCc1ccc([C@H]2C[C@@H](c3cccc(Br)c3)n3ncnc3N2)cc1. The topological polar surface area (TPSA) is 42.7 Å². The highest BCUT2D eigenvalue weighted by molar-refractivity contribution is 9.10. The van der Waals surface area contributed by atoms with Crippen molar-refractivity contribution >= 4 is 21.9 Å². The smallest absolute Gasteiger partial charge is 0.222 e. The Hall–Kier alpha value is -2.14. The second-order valence-electron chi connectivity index (χ2n) is 6.13. The van der Waals surface area contributed by atoms with E-state index in [9.17, 15) is 0 Å². The fraction of sp³-hybridized carbons (Fsp3) is 0.263. The second kappa shape index (κ2) is 6.40. The van der Waals surface area contributed by atoms with E-state index in [2.05, 4.69) is 80.7 Å². The third kappa shape index (κ3) is 2.84. The number of nitrogens with one attached hydrogen (secondary N) is 1. The molecule has 1 aliphatic heterocycles. The third-order valence-corrected chi connectivity index (χ3v) is 5.15. The molecule has 3 aromatic rings. The van der Waals surface area contributed by atoms with E-state index in [0.29, 0.717) is 0 Å². The van der Waals surface area contributed by atoms with Gasteiger partial charge < -0.3 is 5.32 Å². The largest absolute Gasteiger partial charge is 0.348 e. The van der Waals surface area contributed by atoms with Crippen molar-refractivity contribution in [3.8, 4) is 0 Å².